The molecule has 4 rings (SSSR count). The summed E-state index contributed by atoms with van der Waals surface area (Å²) in [5, 5.41) is 14.7. The molecule has 2 aromatic heterocycles. The summed E-state index contributed by atoms with van der Waals surface area (Å²) in [5.41, 5.74) is 1.19. The van der Waals surface area contributed by atoms with E-state index in [0.717, 1.165) is 44.7 Å². The highest BCUT2D eigenvalue weighted by Crippen LogP contribution is 2.41. The van der Waals surface area contributed by atoms with Gasteiger partial charge in [0.1, 0.15) is 12.7 Å². The van der Waals surface area contributed by atoms with Crippen molar-refractivity contribution in [2.24, 2.45) is 11.8 Å². The standard InChI is InChI=1S/C17H24N6O/c1-2-3-12-6-19-17(20-7-12)22-8-13-4-15(23-11-18-10-21-23)16(24)5-14(13)9-22/h6-7,10-11,13-16,24H,2-5,8-9H2,1H3/t13-,14+,15-,16-/m1/s1. The zero-order valence-electron chi connectivity index (χ0n) is 14.0. The molecule has 0 spiro atoms. The SMILES string of the molecule is CCCc1cnc(N2C[C@H]3C[C@@H](n4cncn4)[C@H](O)C[C@H]3C2)nc1. The van der Waals surface area contributed by atoms with Gasteiger partial charge in [-0.25, -0.2) is 19.6 Å². The van der Waals surface area contributed by atoms with Crippen molar-refractivity contribution in [1.82, 2.24) is 24.7 Å². The topological polar surface area (TPSA) is 80.0 Å². The molecule has 128 valence electrons. The number of aromatic nitrogens is 5. The van der Waals surface area contributed by atoms with E-state index in [2.05, 4.69) is 31.9 Å². The third-order valence-corrected chi connectivity index (χ3v) is 5.40. The minimum absolute atomic E-state index is 0.0292. The molecule has 7 heteroatoms. The molecular formula is C17H24N6O. The maximum Gasteiger partial charge on any atom is 0.225 e. The second-order valence-corrected chi connectivity index (χ2v) is 7.05. The number of aliphatic hydroxyl groups excluding tert-OH is 1. The fourth-order valence-corrected chi connectivity index (χ4v) is 4.17. The molecule has 0 aromatic carbocycles. The van der Waals surface area contributed by atoms with Gasteiger partial charge >= 0.3 is 0 Å². The predicted octanol–water partition coefficient (Wildman–Crippen LogP) is 1.47. The second kappa shape index (κ2) is 6.47. The van der Waals surface area contributed by atoms with E-state index in [1.54, 1.807) is 11.0 Å². The fraction of sp³-hybridized carbons (Fsp3) is 0.647. The number of anilines is 1. The van der Waals surface area contributed by atoms with Crippen LogP contribution < -0.4 is 4.90 Å². The first-order valence-electron chi connectivity index (χ1n) is 8.82. The molecule has 24 heavy (non-hydrogen) atoms. The summed E-state index contributed by atoms with van der Waals surface area (Å²) >= 11 is 0. The largest absolute Gasteiger partial charge is 0.391 e. The van der Waals surface area contributed by atoms with Gasteiger partial charge in [-0.05, 0) is 36.7 Å². The molecule has 1 saturated carbocycles. The zero-order valence-corrected chi connectivity index (χ0v) is 14.0. The molecule has 1 saturated heterocycles. The molecule has 7 nitrogen and oxygen atoms in total. The van der Waals surface area contributed by atoms with Crippen LogP contribution in [-0.2, 0) is 6.42 Å². The molecule has 2 aromatic rings. The molecule has 3 heterocycles. The fourth-order valence-electron chi connectivity index (χ4n) is 4.17. The summed E-state index contributed by atoms with van der Waals surface area (Å²) in [7, 11) is 0. The third kappa shape index (κ3) is 2.88. The van der Waals surface area contributed by atoms with E-state index in [1.165, 1.54) is 11.9 Å². The molecule has 2 fully saturated rings. The van der Waals surface area contributed by atoms with E-state index in [0.29, 0.717) is 11.8 Å². The molecule has 1 aliphatic heterocycles. The molecular weight excluding hydrogens is 304 g/mol. The van der Waals surface area contributed by atoms with E-state index in [-0.39, 0.29) is 12.1 Å². The van der Waals surface area contributed by atoms with Gasteiger partial charge in [0.2, 0.25) is 5.95 Å². The molecule has 0 unspecified atom stereocenters. The van der Waals surface area contributed by atoms with Gasteiger partial charge in [0.25, 0.3) is 0 Å². The van der Waals surface area contributed by atoms with Crippen LogP contribution >= 0.6 is 0 Å². The summed E-state index contributed by atoms with van der Waals surface area (Å²) < 4.78 is 1.81. The number of aryl methyl sites for hydroxylation is 1. The summed E-state index contributed by atoms with van der Waals surface area (Å²) in [4.78, 5) is 15.4. The van der Waals surface area contributed by atoms with Crippen molar-refractivity contribution < 1.29 is 5.11 Å². The lowest BCUT2D eigenvalue weighted by Gasteiger charge is -2.34. The molecule has 1 N–H and O–H groups in total. The lowest BCUT2D eigenvalue weighted by atomic mass is 9.77. The minimum atomic E-state index is -0.360. The highest BCUT2D eigenvalue weighted by atomic mass is 16.3. The van der Waals surface area contributed by atoms with Gasteiger partial charge in [0, 0.05) is 25.5 Å². The first-order chi connectivity index (χ1) is 11.7. The molecule has 0 amide bonds. The van der Waals surface area contributed by atoms with Crippen LogP contribution in [0.4, 0.5) is 5.95 Å². The zero-order chi connectivity index (χ0) is 16.5. The highest BCUT2D eigenvalue weighted by Gasteiger charge is 2.43. The van der Waals surface area contributed by atoms with E-state index < -0.39 is 0 Å². The smallest absolute Gasteiger partial charge is 0.225 e. The van der Waals surface area contributed by atoms with Crippen molar-refractivity contribution in [3.8, 4) is 0 Å². The van der Waals surface area contributed by atoms with Crippen molar-refractivity contribution in [1.29, 1.82) is 0 Å². The minimum Gasteiger partial charge on any atom is -0.391 e. The predicted molar refractivity (Wildman–Crippen MR) is 89.5 cm³/mol. The van der Waals surface area contributed by atoms with Crippen LogP contribution in [0.3, 0.4) is 0 Å². The Morgan fingerprint density at radius 2 is 1.92 bits per heavy atom. The third-order valence-electron chi connectivity index (χ3n) is 5.40. The van der Waals surface area contributed by atoms with Gasteiger partial charge in [-0.2, -0.15) is 5.10 Å². The van der Waals surface area contributed by atoms with Crippen LogP contribution in [0.15, 0.2) is 25.0 Å². The number of aliphatic hydroxyl groups is 1. The Hall–Kier alpha value is -2.02. The number of rotatable bonds is 4. The number of hydrogen-bond acceptors (Lipinski definition) is 6. The summed E-state index contributed by atoms with van der Waals surface area (Å²) in [6, 6.07) is 0.0292. The van der Waals surface area contributed by atoms with Crippen molar-refractivity contribution >= 4 is 5.95 Å². The quantitative estimate of drug-likeness (QED) is 0.915. The van der Waals surface area contributed by atoms with Crippen molar-refractivity contribution in [2.45, 2.75) is 44.8 Å². The number of nitrogens with zero attached hydrogens (tertiary/aromatic N) is 6. The van der Waals surface area contributed by atoms with E-state index in [4.69, 9.17) is 0 Å². The Balaban J connectivity index is 1.45. The first-order valence-corrected chi connectivity index (χ1v) is 8.82. The van der Waals surface area contributed by atoms with Crippen LogP contribution in [0, 0.1) is 11.8 Å². The molecule has 1 aliphatic carbocycles. The van der Waals surface area contributed by atoms with E-state index in [9.17, 15) is 5.11 Å². The monoisotopic (exact) mass is 328 g/mol. The average molecular weight is 328 g/mol. The maximum atomic E-state index is 10.5. The first kappa shape index (κ1) is 15.5. The van der Waals surface area contributed by atoms with Gasteiger partial charge in [-0.3, -0.25) is 0 Å². The van der Waals surface area contributed by atoms with E-state index in [1.807, 2.05) is 12.4 Å². The summed E-state index contributed by atoms with van der Waals surface area (Å²) in [6.45, 7) is 4.05. The van der Waals surface area contributed by atoms with Gasteiger partial charge in [0.15, 0.2) is 0 Å². The van der Waals surface area contributed by atoms with Gasteiger partial charge < -0.3 is 10.0 Å². The summed E-state index contributed by atoms with van der Waals surface area (Å²) in [5.74, 6) is 1.86. The van der Waals surface area contributed by atoms with Crippen LogP contribution in [-0.4, -0.2) is 49.0 Å². The Morgan fingerprint density at radius 3 is 2.58 bits per heavy atom. The molecule has 0 bridgehead atoms. The van der Waals surface area contributed by atoms with Crippen molar-refractivity contribution in [3.63, 3.8) is 0 Å². The average Bonchev–Trinajstić information content (AvgIpc) is 3.24. The Morgan fingerprint density at radius 1 is 1.17 bits per heavy atom. The van der Waals surface area contributed by atoms with Gasteiger partial charge in [0.05, 0.1) is 12.1 Å². The summed E-state index contributed by atoms with van der Waals surface area (Å²) in [6.07, 6.45) is 10.6. The van der Waals surface area contributed by atoms with Crippen LogP contribution in [0.5, 0.6) is 0 Å². The van der Waals surface area contributed by atoms with Gasteiger partial charge in [-0.15, -0.1) is 0 Å². The van der Waals surface area contributed by atoms with Crippen LogP contribution in [0.25, 0.3) is 0 Å². The second-order valence-electron chi connectivity index (χ2n) is 7.05. The molecule has 0 radical (unpaired) electrons. The maximum absolute atomic E-state index is 10.5. The van der Waals surface area contributed by atoms with Crippen LogP contribution in [0.2, 0.25) is 0 Å². The Kier molecular flexibility index (Phi) is 4.18. The number of hydrogen-bond donors (Lipinski definition) is 1. The Bertz CT molecular complexity index is 658. The van der Waals surface area contributed by atoms with Crippen molar-refractivity contribution in [2.75, 3.05) is 18.0 Å². The highest BCUT2D eigenvalue weighted by molar-refractivity contribution is 5.32. The van der Waals surface area contributed by atoms with Crippen molar-refractivity contribution in [3.05, 3.63) is 30.6 Å². The lowest BCUT2D eigenvalue weighted by molar-refractivity contribution is 0.0305. The van der Waals surface area contributed by atoms with Gasteiger partial charge in [-0.1, -0.05) is 13.3 Å². The molecule has 2 aliphatic rings. The lowest BCUT2D eigenvalue weighted by Crippen LogP contribution is -2.36. The normalized spacial score (nSPS) is 29.7. The Labute approximate surface area is 141 Å². The van der Waals surface area contributed by atoms with Crippen LogP contribution in [0.1, 0.15) is 37.8 Å². The number of fused-ring (bicyclic) bond motifs is 1. The molecule has 4 atom stereocenters. The van der Waals surface area contributed by atoms with E-state index >= 15 is 0 Å².